The minimum atomic E-state index is -0.0368. The second-order valence-electron chi connectivity index (χ2n) is 12.6. The Hall–Kier alpha value is -4.89. The van der Waals surface area contributed by atoms with Gasteiger partial charge in [-0.3, -0.25) is 0 Å². The smallest absolute Gasteiger partial charge is 0.218 e. The summed E-state index contributed by atoms with van der Waals surface area (Å²) in [7, 11) is 0. The predicted octanol–water partition coefficient (Wildman–Crippen LogP) is 9.01. The summed E-state index contributed by atoms with van der Waals surface area (Å²) in [5.74, 6) is 0.858. The van der Waals surface area contributed by atoms with Gasteiger partial charge in [0, 0.05) is 23.5 Å². The monoisotopic (exact) mass is 590 g/mol. The average Bonchev–Trinajstić information content (AvgIpc) is 3.07. The Balaban J connectivity index is 1.49. The van der Waals surface area contributed by atoms with Crippen molar-refractivity contribution in [2.24, 2.45) is 0 Å². The fourth-order valence-corrected chi connectivity index (χ4v) is 6.55. The highest BCUT2D eigenvalue weighted by Crippen LogP contribution is 2.39. The molecule has 5 aromatic rings. The lowest BCUT2D eigenvalue weighted by Gasteiger charge is -2.28. The zero-order valence-electron chi connectivity index (χ0n) is 26.9. The zero-order chi connectivity index (χ0) is 31.3. The van der Waals surface area contributed by atoms with Crippen LogP contribution in [-0.4, -0.2) is 0 Å². The van der Waals surface area contributed by atoms with Gasteiger partial charge in [-0.1, -0.05) is 125 Å². The average molecular weight is 591 g/mol. The number of rotatable bonds is 9. The summed E-state index contributed by atoms with van der Waals surface area (Å²) in [6, 6.07) is 43.3. The third-order valence-electron chi connectivity index (χ3n) is 8.90. The molecule has 0 spiro atoms. The standard InChI is InChI=1S/C42H44N3/c1-29(2)35-23-15-24-36(30(3)4)42(35)43-28-34-21-14-25-39(45(34)5)40-37-22-13-12-16-31(37)26-27-38(40)41(32-17-8-6-9-18-32)44-33-19-10-7-11-20-33/h6-25,27,29-30,41,43-44H,5,26,28H2,1-4H3/q+1. The molecule has 3 nitrogen and oxygen atoms in total. The maximum absolute atomic E-state index is 4.65. The number of hydrogen-bond acceptors (Lipinski definition) is 2. The molecule has 0 saturated heterocycles. The third-order valence-corrected chi connectivity index (χ3v) is 8.90. The van der Waals surface area contributed by atoms with Gasteiger partial charge in [-0.25, -0.2) is 0 Å². The number of anilines is 2. The summed E-state index contributed by atoms with van der Waals surface area (Å²) in [6.45, 7) is 14.4. The second kappa shape index (κ2) is 13.4. The molecule has 1 aromatic heterocycles. The van der Waals surface area contributed by atoms with Crippen molar-refractivity contribution in [2.45, 2.75) is 58.5 Å². The Morgan fingerprint density at radius 1 is 0.689 bits per heavy atom. The molecule has 0 aliphatic heterocycles. The van der Waals surface area contributed by atoms with Crippen molar-refractivity contribution in [1.29, 1.82) is 0 Å². The lowest BCUT2D eigenvalue weighted by atomic mass is 9.81. The van der Waals surface area contributed by atoms with Crippen LogP contribution in [0.3, 0.4) is 0 Å². The zero-order valence-corrected chi connectivity index (χ0v) is 26.9. The van der Waals surface area contributed by atoms with E-state index in [1.807, 2.05) is 0 Å². The molecule has 1 aliphatic rings. The lowest BCUT2D eigenvalue weighted by molar-refractivity contribution is -0.523. The van der Waals surface area contributed by atoms with E-state index in [1.165, 1.54) is 44.7 Å². The Bertz CT molecular complexity index is 1890. The lowest BCUT2D eigenvalue weighted by Crippen LogP contribution is -2.42. The Kier molecular flexibility index (Phi) is 8.98. The van der Waals surface area contributed by atoms with Crippen LogP contribution in [0.15, 0.2) is 133 Å². The van der Waals surface area contributed by atoms with Crippen LogP contribution < -0.4 is 20.2 Å². The number of pyridine rings is 1. The van der Waals surface area contributed by atoms with E-state index in [9.17, 15) is 0 Å². The molecule has 0 bridgehead atoms. The number of fused-ring (bicyclic) bond motifs is 1. The van der Waals surface area contributed by atoms with Crippen molar-refractivity contribution in [3.8, 4) is 0 Å². The summed E-state index contributed by atoms with van der Waals surface area (Å²) in [5, 5.41) is 8.83. The summed E-state index contributed by atoms with van der Waals surface area (Å²) in [5.41, 5.74) is 12.5. The van der Waals surface area contributed by atoms with Crippen LogP contribution in [0.4, 0.5) is 11.4 Å². The molecule has 1 aliphatic carbocycles. The van der Waals surface area contributed by atoms with E-state index in [2.05, 4.69) is 177 Å². The molecule has 0 amide bonds. The minimum Gasteiger partial charge on any atom is -0.375 e. The van der Waals surface area contributed by atoms with E-state index in [0.717, 1.165) is 23.2 Å². The highest BCUT2D eigenvalue weighted by molar-refractivity contribution is 5.84. The van der Waals surface area contributed by atoms with E-state index in [4.69, 9.17) is 0 Å². The number of para-hydroxylation sites is 2. The maximum Gasteiger partial charge on any atom is 0.218 e. The highest BCUT2D eigenvalue weighted by Gasteiger charge is 2.28. The first kappa shape index (κ1) is 30.1. The Morgan fingerprint density at radius 2 is 1.31 bits per heavy atom. The molecule has 226 valence electrons. The van der Waals surface area contributed by atoms with Crippen molar-refractivity contribution in [2.75, 3.05) is 10.6 Å². The second-order valence-corrected chi connectivity index (χ2v) is 12.6. The number of aromatic nitrogens is 1. The fourth-order valence-electron chi connectivity index (χ4n) is 6.55. The number of benzene rings is 4. The van der Waals surface area contributed by atoms with Crippen LogP contribution in [0.2, 0.25) is 0 Å². The topological polar surface area (TPSA) is 30.0 Å². The summed E-state index contributed by atoms with van der Waals surface area (Å²) < 4.78 is 2.13. The largest absolute Gasteiger partial charge is 0.375 e. The van der Waals surface area contributed by atoms with E-state index < -0.39 is 0 Å². The van der Waals surface area contributed by atoms with Crippen molar-refractivity contribution in [3.63, 3.8) is 0 Å². The van der Waals surface area contributed by atoms with Gasteiger partial charge in [0.05, 0.1) is 11.6 Å². The van der Waals surface area contributed by atoms with Crippen molar-refractivity contribution >= 4 is 16.9 Å². The quantitative estimate of drug-likeness (QED) is 0.168. The van der Waals surface area contributed by atoms with Gasteiger partial charge in [-0.15, -0.1) is 0 Å². The SMILES string of the molecule is C=[n+]1c(CNc2c(C(C)C)cccc2C(C)C)cccc1=C1C(C(Nc2ccccc2)c2ccccc2)=CCc2ccccc21. The molecule has 2 N–H and O–H groups in total. The normalized spacial score (nSPS) is 14.6. The van der Waals surface area contributed by atoms with Crippen LogP contribution in [0.25, 0.3) is 5.57 Å². The summed E-state index contributed by atoms with van der Waals surface area (Å²) >= 11 is 0. The van der Waals surface area contributed by atoms with Gasteiger partial charge in [-0.05, 0) is 69.8 Å². The predicted molar refractivity (Wildman–Crippen MR) is 189 cm³/mol. The molecule has 0 radical (unpaired) electrons. The molecular weight excluding hydrogens is 546 g/mol. The molecule has 1 heterocycles. The van der Waals surface area contributed by atoms with Crippen LogP contribution in [0.1, 0.15) is 79.1 Å². The molecule has 3 heteroatoms. The Labute approximate surface area is 268 Å². The number of allylic oxidation sites excluding steroid dienone is 1. The molecular formula is C42H44N3+. The molecule has 45 heavy (non-hydrogen) atoms. The summed E-state index contributed by atoms with van der Waals surface area (Å²) in [6.07, 6.45) is 3.29. The van der Waals surface area contributed by atoms with Crippen molar-refractivity contribution in [1.82, 2.24) is 0 Å². The first-order valence-corrected chi connectivity index (χ1v) is 16.2. The van der Waals surface area contributed by atoms with Gasteiger partial charge in [0.25, 0.3) is 0 Å². The Morgan fingerprint density at radius 3 is 2.00 bits per heavy atom. The van der Waals surface area contributed by atoms with Crippen molar-refractivity contribution < 1.29 is 4.24 Å². The number of nitrogens with zero attached hydrogens (tertiary/aromatic N) is 1. The van der Waals surface area contributed by atoms with E-state index in [0.29, 0.717) is 18.4 Å². The van der Waals surface area contributed by atoms with E-state index >= 15 is 0 Å². The van der Waals surface area contributed by atoms with Crippen LogP contribution >= 0.6 is 0 Å². The molecule has 4 aromatic carbocycles. The number of hydrogen-bond donors (Lipinski definition) is 2. The van der Waals surface area contributed by atoms with Gasteiger partial charge in [0.15, 0.2) is 0 Å². The van der Waals surface area contributed by atoms with Gasteiger partial charge in [-0.2, -0.15) is 4.24 Å². The van der Waals surface area contributed by atoms with E-state index in [1.54, 1.807) is 0 Å². The molecule has 0 saturated carbocycles. The molecule has 0 fully saturated rings. The number of nitrogens with one attached hydrogen (secondary N) is 2. The van der Waals surface area contributed by atoms with Crippen LogP contribution in [-0.2, 0) is 13.0 Å². The van der Waals surface area contributed by atoms with Gasteiger partial charge >= 0.3 is 0 Å². The third kappa shape index (κ3) is 6.35. The minimum absolute atomic E-state index is 0.0368. The van der Waals surface area contributed by atoms with Gasteiger partial charge < -0.3 is 10.6 Å². The molecule has 1 atom stereocenters. The van der Waals surface area contributed by atoms with Crippen LogP contribution in [0.5, 0.6) is 0 Å². The van der Waals surface area contributed by atoms with E-state index in [-0.39, 0.29) is 6.04 Å². The molecule has 6 rings (SSSR count). The first-order chi connectivity index (χ1) is 21.9. The first-order valence-electron chi connectivity index (χ1n) is 16.2. The maximum atomic E-state index is 4.65. The van der Waals surface area contributed by atoms with Gasteiger partial charge in [0.2, 0.25) is 11.0 Å². The molecule has 1 unspecified atom stereocenters. The highest BCUT2D eigenvalue weighted by atomic mass is 14.9. The fraction of sp³-hybridized carbons (Fsp3) is 0.214. The van der Waals surface area contributed by atoms with Crippen LogP contribution in [0, 0.1) is 6.72 Å². The van der Waals surface area contributed by atoms with Gasteiger partial charge in [0.1, 0.15) is 13.3 Å². The van der Waals surface area contributed by atoms with Crippen molar-refractivity contribution in [3.05, 3.63) is 179 Å². The summed E-state index contributed by atoms with van der Waals surface area (Å²) in [4.78, 5) is 0.